The molecule has 0 amide bonds. The van der Waals surface area contributed by atoms with Crippen LogP contribution in [0.5, 0.6) is 0 Å². The first-order chi connectivity index (χ1) is 9.45. The predicted molar refractivity (Wildman–Crippen MR) is 82.1 cm³/mol. The SMILES string of the molecule is Cc1ccc(NC(=S)Nc2ccc(C)c(F)c2)c(F)c1. The highest BCUT2D eigenvalue weighted by Crippen LogP contribution is 2.17. The fraction of sp³-hybridized carbons (Fsp3) is 0.133. The molecule has 0 unspecified atom stereocenters. The first-order valence-electron chi connectivity index (χ1n) is 6.06. The Hall–Kier alpha value is -2.01. The number of rotatable bonds is 2. The second-order valence-corrected chi connectivity index (χ2v) is 4.93. The van der Waals surface area contributed by atoms with Gasteiger partial charge in [-0.05, 0) is 61.5 Å². The summed E-state index contributed by atoms with van der Waals surface area (Å²) in [6, 6.07) is 9.49. The molecule has 2 nitrogen and oxygen atoms in total. The van der Waals surface area contributed by atoms with E-state index in [4.69, 9.17) is 12.2 Å². The van der Waals surface area contributed by atoms with Crippen LogP contribution in [0.1, 0.15) is 11.1 Å². The lowest BCUT2D eigenvalue weighted by atomic mass is 10.2. The minimum Gasteiger partial charge on any atom is -0.332 e. The fourth-order valence-corrected chi connectivity index (χ4v) is 1.90. The summed E-state index contributed by atoms with van der Waals surface area (Å²) in [5.41, 5.74) is 2.17. The van der Waals surface area contributed by atoms with Crippen molar-refractivity contribution in [3.8, 4) is 0 Å². The molecule has 2 aromatic carbocycles. The number of hydrogen-bond acceptors (Lipinski definition) is 1. The van der Waals surface area contributed by atoms with Gasteiger partial charge >= 0.3 is 0 Å². The van der Waals surface area contributed by atoms with E-state index in [1.165, 1.54) is 12.1 Å². The Morgan fingerprint density at radius 2 is 1.70 bits per heavy atom. The van der Waals surface area contributed by atoms with Crippen LogP contribution < -0.4 is 10.6 Å². The lowest BCUT2D eigenvalue weighted by Crippen LogP contribution is -2.19. The van der Waals surface area contributed by atoms with Gasteiger partial charge in [-0.3, -0.25) is 0 Å². The topological polar surface area (TPSA) is 24.1 Å². The summed E-state index contributed by atoms with van der Waals surface area (Å²) < 4.78 is 27.1. The van der Waals surface area contributed by atoms with Crippen LogP contribution in [0.25, 0.3) is 0 Å². The molecule has 2 aromatic rings. The zero-order valence-corrected chi connectivity index (χ0v) is 11.9. The molecule has 20 heavy (non-hydrogen) atoms. The Kier molecular flexibility index (Phi) is 4.29. The summed E-state index contributed by atoms with van der Waals surface area (Å²) in [4.78, 5) is 0. The van der Waals surface area contributed by atoms with Crippen LogP contribution in [0.2, 0.25) is 0 Å². The van der Waals surface area contributed by atoms with Gasteiger partial charge < -0.3 is 10.6 Å². The molecule has 0 spiro atoms. The molecule has 0 aliphatic rings. The molecule has 0 aliphatic heterocycles. The first kappa shape index (κ1) is 14.4. The Bertz CT molecular complexity index is 656. The van der Waals surface area contributed by atoms with Gasteiger partial charge in [0, 0.05) is 5.69 Å². The molecular formula is C15H14F2N2S. The molecule has 2 N–H and O–H groups in total. The van der Waals surface area contributed by atoms with E-state index in [0.29, 0.717) is 11.3 Å². The number of halogens is 2. The lowest BCUT2D eigenvalue weighted by Gasteiger charge is -2.12. The zero-order valence-electron chi connectivity index (χ0n) is 11.1. The van der Waals surface area contributed by atoms with E-state index in [1.54, 1.807) is 38.1 Å². The molecule has 0 fully saturated rings. The highest BCUT2D eigenvalue weighted by Gasteiger charge is 2.05. The monoisotopic (exact) mass is 292 g/mol. The van der Waals surface area contributed by atoms with Crippen LogP contribution in [0.3, 0.4) is 0 Å². The normalized spacial score (nSPS) is 10.2. The average Bonchev–Trinajstić information content (AvgIpc) is 2.37. The molecule has 0 radical (unpaired) electrons. The molecule has 0 saturated carbocycles. The molecule has 0 atom stereocenters. The van der Waals surface area contributed by atoms with E-state index in [9.17, 15) is 8.78 Å². The molecule has 2 rings (SSSR count). The maximum Gasteiger partial charge on any atom is 0.175 e. The van der Waals surface area contributed by atoms with Crippen molar-refractivity contribution in [1.82, 2.24) is 0 Å². The summed E-state index contributed by atoms with van der Waals surface area (Å²) in [5, 5.41) is 5.76. The second-order valence-electron chi connectivity index (χ2n) is 4.53. The smallest absolute Gasteiger partial charge is 0.175 e. The van der Waals surface area contributed by atoms with Crippen LogP contribution in [-0.4, -0.2) is 5.11 Å². The third-order valence-electron chi connectivity index (χ3n) is 2.80. The second kappa shape index (κ2) is 5.96. The van der Waals surface area contributed by atoms with Crippen molar-refractivity contribution < 1.29 is 8.78 Å². The van der Waals surface area contributed by atoms with E-state index in [2.05, 4.69) is 10.6 Å². The Morgan fingerprint density at radius 3 is 2.35 bits per heavy atom. The van der Waals surface area contributed by atoms with Gasteiger partial charge in [-0.1, -0.05) is 12.1 Å². The summed E-state index contributed by atoms with van der Waals surface area (Å²) in [5.74, 6) is -0.705. The van der Waals surface area contributed by atoms with E-state index in [0.717, 1.165) is 5.56 Å². The van der Waals surface area contributed by atoms with Crippen molar-refractivity contribution in [3.05, 3.63) is 59.2 Å². The number of thiocarbonyl (C=S) groups is 1. The van der Waals surface area contributed by atoms with Gasteiger partial charge in [-0.15, -0.1) is 0 Å². The minimum absolute atomic E-state index is 0.205. The summed E-state index contributed by atoms with van der Waals surface area (Å²) in [6.45, 7) is 3.48. The van der Waals surface area contributed by atoms with Crippen LogP contribution in [-0.2, 0) is 0 Å². The quantitative estimate of drug-likeness (QED) is 0.803. The van der Waals surface area contributed by atoms with E-state index >= 15 is 0 Å². The number of nitrogens with one attached hydrogen (secondary N) is 2. The summed E-state index contributed by atoms with van der Waals surface area (Å²) >= 11 is 5.08. The van der Waals surface area contributed by atoms with Crippen LogP contribution in [0.15, 0.2) is 36.4 Å². The van der Waals surface area contributed by atoms with Crippen molar-refractivity contribution in [2.75, 3.05) is 10.6 Å². The van der Waals surface area contributed by atoms with Crippen molar-refractivity contribution in [3.63, 3.8) is 0 Å². The lowest BCUT2D eigenvalue weighted by molar-refractivity contribution is 0.619. The summed E-state index contributed by atoms with van der Waals surface area (Å²) in [6.07, 6.45) is 0. The van der Waals surface area contributed by atoms with Gasteiger partial charge in [0.05, 0.1) is 5.69 Å². The zero-order chi connectivity index (χ0) is 14.7. The number of aryl methyl sites for hydroxylation is 2. The van der Waals surface area contributed by atoms with Gasteiger partial charge in [0.2, 0.25) is 0 Å². The van der Waals surface area contributed by atoms with Crippen molar-refractivity contribution in [2.45, 2.75) is 13.8 Å². The van der Waals surface area contributed by atoms with Crippen LogP contribution >= 0.6 is 12.2 Å². The Morgan fingerprint density at radius 1 is 0.950 bits per heavy atom. The Balaban J connectivity index is 2.07. The number of hydrogen-bond donors (Lipinski definition) is 2. The van der Waals surface area contributed by atoms with E-state index in [-0.39, 0.29) is 22.4 Å². The minimum atomic E-state index is -0.385. The maximum absolute atomic E-state index is 13.7. The highest BCUT2D eigenvalue weighted by atomic mass is 32.1. The molecule has 0 aliphatic carbocycles. The van der Waals surface area contributed by atoms with E-state index < -0.39 is 0 Å². The van der Waals surface area contributed by atoms with Gasteiger partial charge in [-0.25, -0.2) is 8.78 Å². The molecule has 104 valence electrons. The van der Waals surface area contributed by atoms with Crippen LogP contribution in [0.4, 0.5) is 20.2 Å². The van der Waals surface area contributed by atoms with Crippen molar-refractivity contribution in [2.24, 2.45) is 0 Å². The Labute approximate surface area is 121 Å². The number of anilines is 2. The average molecular weight is 292 g/mol. The molecule has 0 saturated heterocycles. The molecule has 0 aromatic heterocycles. The van der Waals surface area contributed by atoms with Crippen molar-refractivity contribution >= 4 is 28.7 Å². The van der Waals surface area contributed by atoms with Crippen molar-refractivity contribution in [1.29, 1.82) is 0 Å². The van der Waals surface area contributed by atoms with Crippen LogP contribution in [0, 0.1) is 25.5 Å². The van der Waals surface area contributed by atoms with Gasteiger partial charge in [0.15, 0.2) is 5.11 Å². The highest BCUT2D eigenvalue weighted by molar-refractivity contribution is 7.80. The molecule has 0 bridgehead atoms. The maximum atomic E-state index is 13.7. The summed E-state index contributed by atoms with van der Waals surface area (Å²) in [7, 11) is 0. The predicted octanol–water partition coefficient (Wildman–Crippen LogP) is 4.39. The molecule has 5 heteroatoms. The third kappa shape index (κ3) is 3.51. The number of benzene rings is 2. The standard InChI is InChI=1S/C15H14F2N2S/c1-9-3-6-14(13(17)7-9)19-15(20)18-11-5-4-10(2)12(16)8-11/h3-8H,1-2H3,(H2,18,19,20). The van der Waals surface area contributed by atoms with Gasteiger partial charge in [0.1, 0.15) is 11.6 Å². The largest absolute Gasteiger partial charge is 0.332 e. The first-order valence-corrected chi connectivity index (χ1v) is 6.47. The third-order valence-corrected chi connectivity index (χ3v) is 3.01. The fourth-order valence-electron chi connectivity index (χ4n) is 1.68. The molecular weight excluding hydrogens is 278 g/mol. The molecule has 0 heterocycles. The van der Waals surface area contributed by atoms with E-state index in [1.807, 2.05) is 0 Å². The van der Waals surface area contributed by atoms with Gasteiger partial charge in [0.25, 0.3) is 0 Å². The van der Waals surface area contributed by atoms with Gasteiger partial charge in [-0.2, -0.15) is 0 Å².